The van der Waals surface area contributed by atoms with Crippen LogP contribution in [0, 0.1) is 6.92 Å². The Morgan fingerprint density at radius 2 is 1.61 bits per heavy atom. The second-order valence-corrected chi connectivity index (χ2v) is 10.1. The molecule has 9 heteroatoms. The molecule has 9 nitrogen and oxygen atoms in total. The van der Waals surface area contributed by atoms with E-state index in [9.17, 15) is 19.2 Å². The molecule has 36 heavy (non-hydrogen) atoms. The van der Waals surface area contributed by atoms with Crippen LogP contribution in [0.2, 0.25) is 0 Å². The highest BCUT2D eigenvalue weighted by Crippen LogP contribution is 2.24. The molecule has 0 radical (unpaired) electrons. The van der Waals surface area contributed by atoms with Gasteiger partial charge in [0.05, 0.1) is 6.42 Å². The number of nitrogens with zero attached hydrogens (tertiary/aromatic N) is 1. The lowest BCUT2D eigenvalue weighted by atomic mass is 10.00. The molecule has 2 atom stereocenters. The molecule has 0 aliphatic heterocycles. The van der Waals surface area contributed by atoms with Crippen LogP contribution >= 0.6 is 0 Å². The number of carbonyl (C=O) groups is 4. The summed E-state index contributed by atoms with van der Waals surface area (Å²) < 4.78 is 5.30. The third-order valence-electron chi connectivity index (χ3n) is 5.46. The van der Waals surface area contributed by atoms with Crippen molar-refractivity contribution < 1.29 is 23.9 Å². The topological polar surface area (TPSA) is 131 Å². The first-order chi connectivity index (χ1) is 16.9. The first-order valence-electron chi connectivity index (χ1n) is 12.8. The number of carbonyl (C=O) groups excluding carboxylic acids is 4. The summed E-state index contributed by atoms with van der Waals surface area (Å²) >= 11 is 0. The largest absolute Gasteiger partial charge is 0.444 e. The van der Waals surface area contributed by atoms with Crippen molar-refractivity contribution in [2.24, 2.45) is 5.73 Å². The number of nitrogens with two attached hydrogens (primary N) is 1. The number of aryl methyl sites for hydroxylation is 1. The van der Waals surface area contributed by atoms with Crippen LogP contribution in [0.25, 0.3) is 0 Å². The van der Waals surface area contributed by atoms with Gasteiger partial charge in [-0.3, -0.25) is 14.4 Å². The van der Waals surface area contributed by atoms with Gasteiger partial charge in [-0.1, -0.05) is 62.9 Å². The molecule has 0 saturated carbocycles. The number of hydrogen-bond acceptors (Lipinski definition) is 5. The van der Waals surface area contributed by atoms with Crippen molar-refractivity contribution in [1.29, 1.82) is 0 Å². The summed E-state index contributed by atoms with van der Waals surface area (Å²) in [4.78, 5) is 53.1. The molecule has 1 aromatic rings. The highest BCUT2D eigenvalue weighted by molar-refractivity contribution is 5.94. The molecule has 4 N–H and O–H groups in total. The molecule has 0 aromatic heterocycles. The smallest absolute Gasteiger partial charge is 0.408 e. The van der Waals surface area contributed by atoms with Gasteiger partial charge >= 0.3 is 6.09 Å². The van der Waals surface area contributed by atoms with Crippen LogP contribution in [-0.4, -0.2) is 53.4 Å². The second-order valence-electron chi connectivity index (χ2n) is 10.1. The van der Waals surface area contributed by atoms with Crippen molar-refractivity contribution in [3.63, 3.8) is 0 Å². The molecule has 0 aliphatic carbocycles. The monoisotopic (exact) mass is 504 g/mol. The molecule has 0 aliphatic rings. The fourth-order valence-corrected chi connectivity index (χ4v) is 3.66. The summed E-state index contributed by atoms with van der Waals surface area (Å²) in [5, 5.41) is 5.43. The minimum absolute atomic E-state index is 0.275. The zero-order valence-corrected chi connectivity index (χ0v) is 22.7. The summed E-state index contributed by atoms with van der Waals surface area (Å²) in [6.45, 7) is 11.9. The quantitative estimate of drug-likeness (QED) is 0.332. The summed E-state index contributed by atoms with van der Waals surface area (Å²) in [7, 11) is 0. The molecular weight excluding hydrogens is 460 g/mol. The molecule has 1 rings (SSSR count). The van der Waals surface area contributed by atoms with E-state index in [-0.39, 0.29) is 12.5 Å². The van der Waals surface area contributed by atoms with Crippen LogP contribution in [0.4, 0.5) is 4.79 Å². The van der Waals surface area contributed by atoms with Crippen LogP contribution in [0.5, 0.6) is 0 Å². The lowest BCUT2D eigenvalue weighted by Gasteiger charge is -2.34. The number of primary amides is 1. The zero-order chi connectivity index (χ0) is 27.3. The Bertz CT molecular complexity index is 864. The van der Waals surface area contributed by atoms with Crippen molar-refractivity contribution in [3.8, 4) is 0 Å². The Morgan fingerprint density at radius 1 is 1.00 bits per heavy atom. The van der Waals surface area contributed by atoms with Gasteiger partial charge < -0.3 is 26.0 Å². The van der Waals surface area contributed by atoms with Gasteiger partial charge in [0.15, 0.2) is 0 Å². The molecule has 2 unspecified atom stereocenters. The number of amides is 4. The van der Waals surface area contributed by atoms with E-state index in [1.54, 1.807) is 20.8 Å². The average Bonchev–Trinajstić information content (AvgIpc) is 2.77. The molecule has 202 valence electrons. The van der Waals surface area contributed by atoms with E-state index in [1.165, 1.54) is 4.90 Å². The van der Waals surface area contributed by atoms with Crippen LogP contribution in [-0.2, 0) is 19.1 Å². The number of nitrogens with one attached hydrogen (secondary N) is 2. The fraction of sp³-hybridized carbons (Fsp3) is 0.630. The fourth-order valence-electron chi connectivity index (χ4n) is 3.66. The van der Waals surface area contributed by atoms with Gasteiger partial charge in [0, 0.05) is 13.1 Å². The Labute approximate surface area is 215 Å². The van der Waals surface area contributed by atoms with Crippen LogP contribution in [0.1, 0.15) is 90.3 Å². The maximum Gasteiger partial charge on any atom is 0.408 e. The van der Waals surface area contributed by atoms with E-state index in [2.05, 4.69) is 10.6 Å². The van der Waals surface area contributed by atoms with E-state index in [0.29, 0.717) is 18.5 Å². The first kappa shape index (κ1) is 30.9. The van der Waals surface area contributed by atoms with E-state index in [4.69, 9.17) is 10.5 Å². The predicted octanol–water partition coefficient (Wildman–Crippen LogP) is 3.74. The number of ether oxygens (including phenoxy) is 1. The van der Waals surface area contributed by atoms with Crippen LogP contribution in [0.15, 0.2) is 24.3 Å². The lowest BCUT2D eigenvalue weighted by molar-refractivity contribution is -0.143. The molecule has 0 bridgehead atoms. The minimum atomic E-state index is -1.27. The van der Waals surface area contributed by atoms with Crippen molar-refractivity contribution >= 4 is 23.8 Å². The van der Waals surface area contributed by atoms with Crippen LogP contribution in [0.3, 0.4) is 0 Å². The van der Waals surface area contributed by atoms with Gasteiger partial charge in [-0.05, 0) is 46.1 Å². The number of alkyl carbamates (subject to hydrolysis) is 1. The van der Waals surface area contributed by atoms with Crippen molar-refractivity contribution in [2.45, 2.75) is 97.8 Å². The third kappa shape index (κ3) is 11.1. The summed E-state index contributed by atoms with van der Waals surface area (Å²) in [6, 6.07) is 5.22. The van der Waals surface area contributed by atoms with Gasteiger partial charge in [0.1, 0.15) is 17.7 Å². The van der Waals surface area contributed by atoms with Crippen molar-refractivity contribution in [1.82, 2.24) is 15.5 Å². The third-order valence-corrected chi connectivity index (χ3v) is 5.46. The van der Waals surface area contributed by atoms with Crippen molar-refractivity contribution in [2.75, 3.05) is 13.1 Å². The van der Waals surface area contributed by atoms with E-state index >= 15 is 0 Å². The Balaban J connectivity index is 3.42. The maximum absolute atomic E-state index is 13.9. The average molecular weight is 505 g/mol. The lowest BCUT2D eigenvalue weighted by Crippen LogP contribution is -2.54. The van der Waals surface area contributed by atoms with Gasteiger partial charge in [-0.15, -0.1) is 0 Å². The molecule has 4 amide bonds. The highest BCUT2D eigenvalue weighted by atomic mass is 16.6. The van der Waals surface area contributed by atoms with Gasteiger partial charge in [0.25, 0.3) is 0 Å². The summed E-state index contributed by atoms with van der Waals surface area (Å²) in [5.41, 5.74) is 6.29. The van der Waals surface area contributed by atoms with Gasteiger partial charge in [-0.2, -0.15) is 0 Å². The van der Waals surface area contributed by atoms with E-state index < -0.39 is 42.0 Å². The van der Waals surface area contributed by atoms with E-state index in [0.717, 1.165) is 31.2 Å². The molecule has 0 heterocycles. The number of rotatable bonds is 14. The second kappa shape index (κ2) is 15.1. The summed E-state index contributed by atoms with van der Waals surface area (Å²) in [5.74, 6) is -1.63. The van der Waals surface area contributed by atoms with E-state index in [1.807, 2.05) is 45.0 Å². The zero-order valence-electron chi connectivity index (χ0n) is 22.7. The number of unbranched alkanes of at least 4 members (excludes halogenated alkanes) is 3. The maximum atomic E-state index is 13.9. The minimum Gasteiger partial charge on any atom is -0.444 e. The standard InChI is InChI=1S/C27H44N4O5/c1-7-9-11-17-31(25(34)21(18-22(28)32)30-26(35)36-27(4,5)6)23(24(33)29-16-10-8-2)20-14-12-19(3)13-15-20/h12-15,21,23H,7-11,16-18H2,1-6H3,(H2,28,32)(H,29,33)(H,30,35). The first-order valence-corrected chi connectivity index (χ1v) is 12.8. The van der Waals surface area contributed by atoms with Crippen LogP contribution < -0.4 is 16.4 Å². The molecule has 0 spiro atoms. The number of hydrogen-bond donors (Lipinski definition) is 3. The highest BCUT2D eigenvalue weighted by Gasteiger charge is 2.36. The molecule has 0 saturated heterocycles. The van der Waals surface area contributed by atoms with Gasteiger partial charge in [-0.25, -0.2) is 4.79 Å². The Hall–Kier alpha value is -3.10. The van der Waals surface area contributed by atoms with Crippen molar-refractivity contribution in [3.05, 3.63) is 35.4 Å². The summed E-state index contributed by atoms with van der Waals surface area (Å²) in [6.07, 6.45) is 2.89. The Kier molecular flexibility index (Phi) is 13.0. The van der Waals surface area contributed by atoms with Gasteiger partial charge in [0.2, 0.25) is 17.7 Å². The normalized spacial score (nSPS) is 12.8. The molecular formula is C27H44N4O5. The molecule has 0 fully saturated rings. The number of benzene rings is 1. The Morgan fingerprint density at radius 3 is 2.14 bits per heavy atom. The SMILES string of the molecule is CCCCCN(C(=O)C(CC(N)=O)NC(=O)OC(C)(C)C)C(C(=O)NCCCC)c1ccc(C)cc1. The predicted molar refractivity (Wildman–Crippen MR) is 140 cm³/mol. The molecule has 1 aromatic carbocycles.